The van der Waals surface area contributed by atoms with Gasteiger partial charge in [-0.15, -0.1) is 0 Å². The summed E-state index contributed by atoms with van der Waals surface area (Å²) in [6.45, 7) is 12.2. The summed E-state index contributed by atoms with van der Waals surface area (Å²) < 4.78 is 5.59. The van der Waals surface area contributed by atoms with Crippen LogP contribution in [-0.4, -0.2) is 43.7 Å². The minimum atomic E-state index is -0.0742. The Kier molecular flexibility index (Phi) is 6.12. The molecule has 1 saturated heterocycles. The summed E-state index contributed by atoms with van der Waals surface area (Å²) in [5.74, 6) is 0.705. The van der Waals surface area contributed by atoms with Gasteiger partial charge >= 0.3 is 6.03 Å². The fourth-order valence-electron chi connectivity index (χ4n) is 3.39. The first-order chi connectivity index (χ1) is 13.4. The number of carbonyl (C=O) groups excluding carboxylic acids is 1. The molecule has 0 unspecified atom stereocenters. The molecule has 2 aromatic carbocycles. The van der Waals surface area contributed by atoms with E-state index in [1.54, 1.807) is 0 Å². The predicted molar refractivity (Wildman–Crippen MR) is 116 cm³/mol. The summed E-state index contributed by atoms with van der Waals surface area (Å²) >= 11 is 0. The van der Waals surface area contributed by atoms with Crippen LogP contribution in [0.2, 0.25) is 0 Å². The molecular weight excluding hydrogens is 350 g/mol. The largest absolute Gasteiger partial charge is 0.492 e. The number of anilines is 2. The van der Waals surface area contributed by atoms with Crippen LogP contribution in [0.4, 0.5) is 16.2 Å². The monoisotopic (exact) mass is 381 g/mol. The molecule has 0 bridgehead atoms. The van der Waals surface area contributed by atoms with E-state index in [9.17, 15) is 4.79 Å². The number of benzene rings is 2. The van der Waals surface area contributed by atoms with Crippen molar-refractivity contribution in [3.05, 3.63) is 54.1 Å². The van der Waals surface area contributed by atoms with E-state index in [0.29, 0.717) is 25.4 Å². The molecule has 0 radical (unpaired) electrons. The van der Waals surface area contributed by atoms with Crippen LogP contribution >= 0.6 is 0 Å². The summed E-state index contributed by atoms with van der Waals surface area (Å²) in [6.07, 6.45) is 0. The van der Waals surface area contributed by atoms with Gasteiger partial charge in [0.1, 0.15) is 5.75 Å². The van der Waals surface area contributed by atoms with Gasteiger partial charge in [0.05, 0.1) is 12.3 Å². The number of urea groups is 1. The van der Waals surface area contributed by atoms with E-state index in [4.69, 9.17) is 4.74 Å². The van der Waals surface area contributed by atoms with Crippen molar-refractivity contribution in [3.8, 4) is 5.75 Å². The van der Waals surface area contributed by atoms with Gasteiger partial charge < -0.3 is 19.9 Å². The van der Waals surface area contributed by atoms with Crippen molar-refractivity contribution in [2.24, 2.45) is 0 Å². The van der Waals surface area contributed by atoms with Crippen molar-refractivity contribution in [1.82, 2.24) is 4.90 Å². The van der Waals surface area contributed by atoms with E-state index in [-0.39, 0.29) is 11.4 Å². The van der Waals surface area contributed by atoms with Crippen molar-refractivity contribution in [2.45, 2.75) is 33.1 Å². The molecule has 0 aromatic heterocycles. The van der Waals surface area contributed by atoms with Crippen LogP contribution < -0.4 is 15.0 Å². The van der Waals surface area contributed by atoms with Gasteiger partial charge in [0, 0.05) is 31.9 Å². The van der Waals surface area contributed by atoms with Crippen LogP contribution in [-0.2, 0) is 5.41 Å². The van der Waals surface area contributed by atoms with E-state index in [2.05, 4.69) is 55.3 Å². The zero-order valence-electron chi connectivity index (χ0n) is 17.4. The molecule has 5 nitrogen and oxygen atoms in total. The molecule has 150 valence electrons. The molecule has 1 aliphatic rings. The number of rotatable bonds is 4. The normalized spacial score (nSPS) is 14.7. The first-order valence-corrected chi connectivity index (χ1v) is 10.0. The second-order valence-electron chi connectivity index (χ2n) is 8.13. The Labute approximate surface area is 168 Å². The number of hydrogen-bond acceptors (Lipinski definition) is 3. The molecule has 5 heteroatoms. The van der Waals surface area contributed by atoms with Gasteiger partial charge in [0.15, 0.2) is 0 Å². The first kappa shape index (κ1) is 20.1. The lowest BCUT2D eigenvalue weighted by molar-refractivity contribution is 0.208. The van der Waals surface area contributed by atoms with Crippen LogP contribution in [0.5, 0.6) is 5.75 Å². The highest BCUT2D eigenvalue weighted by Gasteiger charge is 2.22. The Morgan fingerprint density at radius 1 is 1.00 bits per heavy atom. The summed E-state index contributed by atoms with van der Waals surface area (Å²) in [6, 6.07) is 16.3. The van der Waals surface area contributed by atoms with Crippen LogP contribution in [0.15, 0.2) is 48.5 Å². The van der Waals surface area contributed by atoms with Gasteiger partial charge in [-0.3, -0.25) is 0 Å². The molecule has 0 spiro atoms. The summed E-state index contributed by atoms with van der Waals surface area (Å²) in [5.41, 5.74) is 3.43. The van der Waals surface area contributed by atoms with Gasteiger partial charge in [-0.05, 0) is 42.2 Å². The number of para-hydroxylation sites is 2. The predicted octanol–water partition coefficient (Wildman–Crippen LogP) is 4.74. The van der Waals surface area contributed by atoms with Crippen LogP contribution in [0, 0.1) is 0 Å². The lowest BCUT2D eigenvalue weighted by Gasteiger charge is -2.36. The minimum Gasteiger partial charge on any atom is -0.492 e. The molecule has 1 N–H and O–H groups in total. The fourth-order valence-corrected chi connectivity index (χ4v) is 3.39. The van der Waals surface area contributed by atoms with Crippen molar-refractivity contribution in [2.75, 3.05) is 43.0 Å². The van der Waals surface area contributed by atoms with Gasteiger partial charge in [-0.25, -0.2) is 4.79 Å². The fraction of sp³-hybridized carbons (Fsp3) is 0.435. The molecule has 1 heterocycles. The smallest absolute Gasteiger partial charge is 0.322 e. The Morgan fingerprint density at radius 2 is 1.64 bits per heavy atom. The van der Waals surface area contributed by atoms with Gasteiger partial charge in [-0.1, -0.05) is 45.0 Å². The number of piperazine rings is 1. The SMILES string of the molecule is CCOc1ccccc1NC(=O)N1CCN(c2ccc(C(C)(C)C)cc2)CC1. The number of hydrogen-bond donors (Lipinski definition) is 1. The maximum absolute atomic E-state index is 12.7. The first-order valence-electron chi connectivity index (χ1n) is 10.0. The summed E-state index contributed by atoms with van der Waals surface area (Å²) in [7, 11) is 0. The summed E-state index contributed by atoms with van der Waals surface area (Å²) in [5, 5.41) is 2.99. The van der Waals surface area contributed by atoms with Crippen molar-refractivity contribution in [3.63, 3.8) is 0 Å². The van der Waals surface area contributed by atoms with Gasteiger partial charge in [0.25, 0.3) is 0 Å². The topological polar surface area (TPSA) is 44.8 Å². The Balaban J connectivity index is 1.57. The molecule has 3 rings (SSSR count). The van der Waals surface area contributed by atoms with Gasteiger partial charge in [-0.2, -0.15) is 0 Å². The van der Waals surface area contributed by atoms with E-state index < -0.39 is 0 Å². The minimum absolute atomic E-state index is 0.0742. The molecular formula is C23H31N3O2. The Hall–Kier alpha value is -2.69. The maximum Gasteiger partial charge on any atom is 0.322 e. The molecule has 0 aliphatic carbocycles. The average molecular weight is 382 g/mol. The Bertz CT molecular complexity index is 788. The zero-order chi connectivity index (χ0) is 20.1. The Morgan fingerprint density at radius 3 is 2.25 bits per heavy atom. The third kappa shape index (κ3) is 4.77. The molecule has 2 aromatic rings. The number of nitrogens with one attached hydrogen (secondary N) is 1. The zero-order valence-corrected chi connectivity index (χ0v) is 17.4. The highest BCUT2D eigenvalue weighted by Crippen LogP contribution is 2.26. The number of ether oxygens (including phenoxy) is 1. The quantitative estimate of drug-likeness (QED) is 0.832. The maximum atomic E-state index is 12.7. The number of amides is 2. The van der Waals surface area contributed by atoms with E-state index in [0.717, 1.165) is 18.8 Å². The second kappa shape index (κ2) is 8.55. The molecule has 1 fully saturated rings. The van der Waals surface area contributed by atoms with Crippen LogP contribution in [0.1, 0.15) is 33.3 Å². The lowest BCUT2D eigenvalue weighted by atomic mass is 9.87. The lowest BCUT2D eigenvalue weighted by Crippen LogP contribution is -2.50. The highest BCUT2D eigenvalue weighted by atomic mass is 16.5. The second-order valence-corrected chi connectivity index (χ2v) is 8.13. The van der Waals surface area contributed by atoms with Crippen LogP contribution in [0.25, 0.3) is 0 Å². The average Bonchev–Trinajstić information content (AvgIpc) is 2.69. The van der Waals surface area contributed by atoms with E-state index in [1.165, 1.54) is 11.3 Å². The van der Waals surface area contributed by atoms with E-state index >= 15 is 0 Å². The van der Waals surface area contributed by atoms with Crippen molar-refractivity contribution >= 4 is 17.4 Å². The molecule has 28 heavy (non-hydrogen) atoms. The molecule has 2 amide bonds. The highest BCUT2D eigenvalue weighted by molar-refractivity contribution is 5.91. The van der Waals surface area contributed by atoms with E-state index in [1.807, 2.05) is 36.1 Å². The standard InChI is InChI=1S/C23H31N3O2/c1-5-28-21-9-7-6-8-20(21)24-22(27)26-16-14-25(15-17-26)19-12-10-18(11-13-19)23(2,3)4/h6-13H,5,14-17H2,1-4H3,(H,24,27). The van der Waals surface area contributed by atoms with Gasteiger partial charge in [0.2, 0.25) is 0 Å². The van der Waals surface area contributed by atoms with Crippen molar-refractivity contribution in [1.29, 1.82) is 0 Å². The van der Waals surface area contributed by atoms with Crippen molar-refractivity contribution < 1.29 is 9.53 Å². The molecule has 0 saturated carbocycles. The number of nitrogens with zero attached hydrogens (tertiary/aromatic N) is 2. The number of carbonyl (C=O) groups is 1. The third-order valence-corrected chi connectivity index (χ3v) is 5.09. The third-order valence-electron chi connectivity index (χ3n) is 5.09. The summed E-state index contributed by atoms with van der Waals surface area (Å²) in [4.78, 5) is 16.9. The van der Waals surface area contributed by atoms with Crippen LogP contribution in [0.3, 0.4) is 0 Å². The molecule has 1 aliphatic heterocycles. The molecule has 0 atom stereocenters.